The molecule has 0 aliphatic carbocycles. The topological polar surface area (TPSA) is 88.9 Å². The summed E-state index contributed by atoms with van der Waals surface area (Å²) in [6, 6.07) is 1.33. The van der Waals surface area contributed by atoms with Gasteiger partial charge >= 0.3 is 0 Å². The van der Waals surface area contributed by atoms with E-state index in [0.29, 0.717) is 11.5 Å². The first-order valence-electron chi connectivity index (χ1n) is 5.27. The van der Waals surface area contributed by atoms with Gasteiger partial charge < -0.3 is 5.32 Å². The molecule has 2 aromatic heterocycles. The van der Waals surface area contributed by atoms with Gasteiger partial charge in [-0.15, -0.1) is 0 Å². The monoisotopic (exact) mass is 301 g/mol. The summed E-state index contributed by atoms with van der Waals surface area (Å²) in [5.74, 6) is 0.419. The van der Waals surface area contributed by atoms with Crippen molar-refractivity contribution in [2.75, 3.05) is 17.1 Å². The fourth-order valence-corrected chi connectivity index (χ4v) is 2.76. The zero-order chi connectivity index (χ0) is 14.0. The molecule has 2 rings (SSSR count). The fraction of sp³-hybridized carbons (Fsp3) is 0.200. The van der Waals surface area contributed by atoms with Crippen molar-refractivity contribution in [3.8, 4) is 0 Å². The summed E-state index contributed by atoms with van der Waals surface area (Å²) in [5, 5.41) is 6.87. The quantitative estimate of drug-likeness (QED) is 0.889. The lowest BCUT2D eigenvalue weighted by molar-refractivity contribution is 0.601. The fourth-order valence-electron chi connectivity index (χ4n) is 1.44. The molecule has 0 aliphatic rings. The molecular weight excluding hydrogens is 290 g/mol. The minimum absolute atomic E-state index is 0.0136. The zero-order valence-corrected chi connectivity index (χ0v) is 11.8. The van der Waals surface area contributed by atoms with Crippen molar-refractivity contribution in [2.45, 2.75) is 4.90 Å². The third kappa shape index (κ3) is 2.96. The predicted molar refractivity (Wildman–Crippen MR) is 72.8 cm³/mol. The molecule has 0 bridgehead atoms. The first-order chi connectivity index (χ1) is 8.92. The van der Waals surface area contributed by atoms with E-state index in [9.17, 15) is 8.42 Å². The van der Waals surface area contributed by atoms with E-state index >= 15 is 0 Å². The van der Waals surface area contributed by atoms with Gasteiger partial charge in [-0.2, -0.15) is 5.10 Å². The molecule has 0 spiro atoms. The third-order valence-corrected chi connectivity index (χ3v) is 3.96. The highest BCUT2D eigenvalue weighted by molar-refractivity contribution is 7.92. The number of nitrogens with one attached hydrogen (secondary N) is 2. The Morgan fingerprint density at radius 1 is 1.37 bits per heavy atom. The SMILES string of the molecule is CNc1ncc(S(=O)(=O)Nc2cnn(C)c2)cc1Cl. The molecule has 0 radical (unpaired) electrons. The van der Waals surface area contributed by atoms with Gasteiger partial charge in [0.2, 0.25) is 0 Å². The van der Waals surface area contributed by atoms with E-state index in [2.05, 4.69) is 20.1 Å². The molecule has 0 amide bonds. The van der Waals surface area contributed by atoms with Crippen LogP contribution in [0.5, 0.6) is 0 Å². The molecule has 102 valence electrons. The minimum Gasteiger partial charge on any atom is -0.372 e. The smallest absolute Gasteiger partial charge is 0.263 e. The number of hydrogen-bond acceptors (Lipinski definition) is 5. The molecule has 0 saturated carbocycles. The van der Waals surface area contributed by atoms with E-state index in [0.717, 1.165) is 0 Å². The molecule has 2 aromatic rings. The summed E-state index contributed by atoms with van der Waals surface area (Å²) in [5.41, 5.74) is 0.372. The van der Waals surface area contributed by atoms with Crippen molar-refractivity contribution in [3.63, 3.8) is 0 Å². The second-order valence-electron chi connectivity index (χ2n) is 3.76. The Morgan fingerprint density at radius 2 is 2.11 bits per heavy atom. The van der Waals surface area contributed by atoms with Crippen LogP contribution in [0.2, 0.25) is 5.02 Å². The lowest BCUT2D eigenvalue weighted by Crippen LogP contribution is -2.13. The molecule has 0 aromatic carbocycles. The van der Waals surface area contributed by atoms with Gasteiger partial charge in [-0.05, 0) is 6.07 Å². The zero-order valence-electron chi connectivity index (χ0n) is 10.3. The Bertz CT molecular complexity index is 698. The number of aromatic nitrogens is 3. The molecule has 0 fully saturated rings. The van der Waals surface area contributed by atoms with Gasteiger partial charge in [0.15, 0.2) is 0 Å². The van der Waals surface area contributed by atoms with Gasteiger partial charge in [-0.1, -0.05) is 11.6 Å². The van der Waals surface area contributed by atoms with Crippen LogP contribution >= 0.6 is 11.6 Å². The minimum atomic E-state index is -3.73. The summed E-state index contributed by atoms with van der Waals surface area (Å²) in [4.78, 5) is 3.91. The van der Waals surface area contributed by atoms with Crippen molar-refractivity contribution in [1.29, 1.82) is 0 Å². The van der Waals surface area contributed by atoms with E-state index < -0.39 is 10.0 Å². The molecule has 0 atom stereocenters. The molecule has 7 nitrogen and oxygen atoms in total. The number of pyridine rings is 1. The van der Waals surface area contributed by atoms with E-state index in [4.69, 9.17) is 11.6 Å². The maximum absolute atomic E-state index is 12.1. The van der Waals surface area contributed by atoms with E-state index in [-0.39, 0.29) is 9.92 Å². The molecular formula is C10H12ClN5O2S. The van der Waals surface area contributed by atoms with E-state index in [1.165, 1.54) is 23.1 Å². The average Bonchev–Trinajstić information content (AvgIpc) is 2.73. The first-order valence-corrected chi connectivity index (χ1v) is 7.13. The molecule has 19 heavy (non-hydrogen) atoms. The van der Waals surface area contributed by atoms with Crippen LogP contribution in [-0.4, -0.2) is 30.2 Å². The number of sulfonamides is 1. The Labute approximate surface area is 115 Å². The summed E-state index contributed by atoms with van der Waals surface area (Å²) >= 11 is 5.91. The second kappa shape index (κ2) is 5.06. The lowest BCUT2D eigenvalue weighted by Gasteiger charge is -2.07. The molecule has 9 heteroatoms. The predicted octanol–water partition coefficient (Wildman–Crippen LogP) is 1.31. The number of anilines is 2. The number of rotatable bonds is 4. The Balaban J connectivity index is 2.31. The number of halogens is 1. The molecule has 2 N–H and O–H groups in total. The van der Waals surface area contributed by atoms with Crippen LogP contribution in [0.4, 0.5) is 11.5 Å². The van der Waals surface area contributed by atoms with Crippen LogP contribution in [0.25, 0.3) is 0 Å². The van der Waals surface area contributed by atoms with Gasteiger partial charge in [0.05, 0.1) is 16.9 Å². The Morgan fingerprint density at radius 3 is 2.63 bits per heavy atom. The van der Waals surface area contributed by atoms with Gasteiger partial charge in [0.1, 0.15) is 10.7 Å². The molecule has 2 heterocycles. The van der Waals surface area contributed by atoms with Crippen molar-refractivity contribution in [2.24, 2.45) is 7.05 Å². The van der Waals surface area contributed by atoms with Gasteiger partial charge in [0.25, 0.3) is 10.0 Å². The normalized spacial score (nSPS) is 11.3. The van der Waals surface area contributed by atoms with Gasteiger partial charge in [-0.3, -0.25) is 9.40 Å². The summed E-state index contributed by atoms with van der Waals surface area (Å²) in [6.07, 6.45) is 4.19. The van der Waals surface area contributed by atoms with Crippen LogP contribution in [-0.2, 0) is 17.1 Å². The van der Waals surface area contributed by atoms with E-state index in [1.54, 1.807) is 20.3 Å². The van der Waals surface area contributed by atoms with Gasteiger partial charge in [0, 0.05) is 26.5 Å². The van der Waals surface area contributed by atoms with Gasteiger partial charge in [-0.25, -0.2) is 13.4 Å². The van der Waals surface area contributed by atoms with Crippen LogP contribution in [0.1, 0.15) is 0 Å². The standard InChI is InChI=1S/C10H12ClN5O2S/c1-12-10-9(11)3-8(5-13-10)19(17,18)15-7-4-14-16(2)6-7/h3-6,15H,1-2H3,(H,12,13). The molecule has 0 saturated heterocycles. The van der Waals surface area contributed by atoms with Crippen molar-refractivity contribution in [1.82, 2.24) is 14.8 Å². The summed E-state index contributed by atoms with van der Waals surface area (Å²) < 4.78 is 28.1. The van der Waals surface area contributed by atoms with Crippen LogP contribution in [0.15, 0.2) is 29.6 Å². The highest BCUT2D eigenvalue weighted by Crippen LogP contribution is 2.23. The maximum Gasteiger partial charge on any atom is 0.263 e. The number of hydrogen-bond donors (Lipinski definition) is 2. The van der Waals surface area contributed by atoms with Crippen molar-refractivity contribution >= 4 is 33.1 Å². The van der Waals surface area contributed by atoms with Crippen molar-refractivity contribution in [3.05, 3.63) is 29.7 Å². The van der Waals surface area contributed by atoms with Crippen molar-refractivity contribution < 1.29 is 8.42 Å². The highest BCUT2D eigenvalue weighted by Gasteiger charge is 2.17. The van der Waals surface area contributed by atoms with Crippen LogP contribution in [0, 0.1) is 0 Å². The lowest BCUT2D eigenvalue weighted by atomic mass is 10.4. The highest BCUT2D eigenvalue weighted by atomic mass is 35.5. The van der Waals surface area contributed by atoms with E-state index in [1.807, 2.05) is 0 Å². The molecule has 0 aliphatic heterocycles. The number of nitrogens with zero attached hydrogens (tertiary/aromatic N) is 3. The largest absolute Gasteiger partial charge is 0.372 e. The van der Waals surface area contributed by atoms with Crippen LogP contribution < -0.4 is 10.0 Å². The average molecular weight is 302 g/mol. The summed E-state index contributed by atoms with van der Waals surface area (Å²) in [7, 11) is -0.384. The second-order valence-corrected chi connectivity index (χ2v) is 5.85. The first kappa shape index (κ1) is 13.6. The van der Waals surface area contributed by atoms with Crippen LogP contribution in [0.3, 0.4) is 0 Å². The Kier molecular flexibility index (Phi) is 3.63. The molecule has 0 unspecified atom stereocenters. The maximum atomic E-state index is 12.1. The summed E-state index contributed by atoms with van der Waals surface area (Å²) in [6.45, 7) is 0. The number of aryl methyl sites for hydroxylation is 1. The Hall–Kier alpha value is -1.80. The third-order valence-electron chi connectivity index (χ3n) is 2.32.